The summed E-state index contributed by atoms with van der Waals surface area (Å²) in [5, 5.41) is 17.2. The van der Waals surface area contributed by atoms with Crippen LogP contribution in [-0.4, -0.2) is 10.2 Å². The lowest BCUT2D eigenvalue weighted by atomic mass is 10.0. The number of aliphatic hydroxyl groups excluding tert-OH is 1. The van der Waals surface area contributed by atoms with E-state index >= 15 is 0 Å². The summed E-state index contributed by atoms with van der Waals surface area (Å²) >= 11 is 0. The summed E-state index contributed by atoms with van der Waals surface area (Å²) in [5.74, 6) is 0. The normalized spacial score (nSPS) is 11.3. The number of hydrogen-bond acceptors (Lipinski definition) is 2. The van der Waals surface area contributed by atoms with E-state index in [1.54, 1.807) is 0 Å². The van der Waals surface area contributed by atoms with Crippen molar-refractivity contribution in [1.82, 2.24) is 0 Å². The lowest BCUT2D eigenvalue weighted by molar-refractivity contribution is 0.0704. The average Bonchev–Trinajstić information content (AvgIpc) is 2.30. The fourth-order valence-corrected chi connectivity index (χ4v) is 2.12. The highest BCUT2D eigenvalue weighted by molar-refractivity contribution is 4.57. The van der Waals surface area contributed by atoms with Gasteiger partial charge in [0.15, 0.2) is 0 Å². The van der Waals surface area contributed by atoms with Crippen LogP contribution in [0.4, 0.5) is 0 Å². The molecule has 0 aromatic heterocycles. The standard InChI is InChI=1S/C15H31O2/c1-2-3-4-5-6-7-8-9-10-11-12-13-14-15(16)17/h16-17H,2-14H2,1H3. The third-order valence-corrected chi connectivity index (χ3v) is 3.25. The van der Waals surface area contributed by atoms with E-state index < -0.39 is 6.29 Å². The highest BCUT2D eigenvalue weighted by Crippen LogP contribution is 2.13. The van der Waals surface area contributed by atoms with E-state index in [0.717, 1.165) is 12.8 Å². The predicted octanol–water partition coefficient (Wildman–Crippen LogP) is 5.31. The molecule has 0 bridgehead atoms. The minimum absolute atomic E-state index is 0.405. The third-order valence-electron chi connectivity index (χ3n) is 3.25. The van der Waals surface area contributed by atoms with Crippen molar-refractivity contribution in [2.24, 2.45) is 0 Å². The molecule has 1 radical (unpaired) electrons. The summed E-state index contributed by atoms with van der Waals surface area (Å²) in [5.41, 5.74) is 0. The van der Waals surface area contributed by atoms with E-state index in [2.05, 4.69) is 6.92 Å². The molecule has 0 heterocycles. The maximum absolute atomic E-state index is 8.59. The summed E-state index contributed by atoms with van der Waals surface area (Å²) in [6.45, 7) is 2.26. The quantitative estimate of drug-likeness (QED) is 0.430. The predicted molar refractivity (Wildman–Crippen MR) is 72.8 cm³/mol. The van der Waals surface area contributed by atoms with Crippen molar-refractivity contribution in [3.8, 4) is 0 Å². The summed E-state index contributed by atoms with van der Waals surface area (Å²) in [4.78, 5) is 0. The summed E-state index contributed by atoms with van der Waals surface area (Å²) in [6.07, 6.45) is 15.7. The van der Waals surface area contributed by atoms with Crippen molar-refractivity contribution >= 4 is 0 Å². The van der Waals surface area contributed by atoms with Gasteiger partial charge < -0.3 is 10.2 Å². The Balaban J connectivity index is 2.89. The third kappa shape index (κ3) is 15.9. The molecule has 17 heavy (non-hydrogen) atoms. The van der Waals surface area contributed by atoms with Gasteiger partial charge >= 0.3 is 0 Å². The van der Waals surface area contributed by atoms with E-state index in [0.29, 0.717) is 6.42 Å². The number of hydrogen-bond donors (Lipinski definition) is 2. The van der Waals surface area contributed by atoms with Crippen molar-refractivity contribution < 1.29 is 10.2 Å². The zero-order valence-corrected chi connectivity index (χ0v) is 11.6. The lowest BCUT2D eigenvalue weighted by Crippen LogP contribution is -1.92. The number of rotatable bonds is 13. The monoisotopic (exact) mass is 243 g/mol. The van der Waals surface area contributed by atoms with Crippen LogP contribution in [0.3, 0.4) is 0 Å². The molecule has 0 fully saturated rings. The molecule has 2 heteroatoms. The largest absolute Gasteiger partial charge is 0.361 e. The minimum atomic E-state index is -0.405. The number of unbranched alkanes of at least 4 members (excludes halogenated alkanes) is 11. The second-order valence-electron chi connectivity index (χ2n) is 5.06. The first kappa shape index (κ1) is 16.9. The van der Waals surface area contributed by atoms with Gasteiger partial charge in [0.2, 0.25) is 6.29 Å². The average molecular weight is 243 g/mol. The smallest absolute Gasteiger partial charge is 0.218 e. The molecule has 0 aliphatic carbocycles. The fraction of sp³-hybridized carbons (Fsp3) is 0.933. The van der Waals surface area contributed by atoms with E-state index in [1.807, 2.05) is 0 Å². The molecule has 0 aromatic carbocycles. The molecule has 0 aliphatic heterocycles. The van der Waals surface area contributed by atoms with Gasteiger partial charge in [-0.1, -0.05) is 77.6 Å². The van der Waals surface area contributed by atoms with Crippen LogP contribution in [0.1, 0.15) is 90.4 Å². The van der Waals surface area contributed by atoms with Crippen molar-refractivity contribution in [3.05, 3.63) is 6.29 Å². The van der Waals surface area contributed by atoms with Crippen molar-refractivity contribution in [2.75, 3.05) is 0 Å². The second-order valence-corrected chi connectivity index (χ2v) is 5.06. The zero-order chi connectivity index (χ0) is 12.8. The highest BCUT2D eigenvalue weighted by atomic mass is 16.5. The Morgan fingerprint density at radius 3 is 1.29 bits per heavy atom. The van der Waals surface area contributed by atoms with E-state index in [-0.39, 0.29) is 0 Å². The van der Waals surface area contributed by atoms with Gasteiger partial charge in [-0.05, 0) is 6.42 Å². The molecule has 0 atom stereocenters. The maximum atomic E-state index is 8.59. The highest BCUT2D eigenvalue weighted by Gasteiger charge is 1.98. The van der Waals surface area contributed by atoms with Crippen LogP contribution in [0.5, 0.6) is 0 Å². The molecule has 0 aromatic rings. The Morgan fingerprint density at radius 1 is 0.588 bits per heavy atom. The zero-order valence-electron chi connectivity index (χ0n) is 11.6. The molecular formula is C15H31O2. The van der Waals surface area contributed by atoms with Crippen LogP contribution < -0.4 is 0 Å². The first-order valence-corrected chi connectivity index (χ1v) is 7.51. The Hall–Kier alpha value is -0.0800. The first-order valence-electron chi connectivity index (χ1n) is 7.51. The Kier molecular flexibility index (Phi) is 13.9. The van der Waals surface area contributed by atoms with Crippen LogP contribution in [0.15, 0.2) is 0 Å². The molecule has 0 rings (SSSR count). The Morgan fingerprint density at radius 2 is 0.941 bits per heavy atom. The first-order chi connectivity index (χ1) is 8.27. The molecule has 0 saturated carbocycles. The van der Waals surface area contributed by atoms with Crippen LogP contribution in [0.25, 0.3) is 0 Å². The van der Waals surface area contributed by atoms with Gasteiger partial charge in [0.25, 0.3) is 0 Å². The molecule has 0 amide bonds. The Labute approximate surface area is 107 Å². The van der Waals surface area contributed by atoms with Gasteiger partial charge in [-0.25, -0.2) is 0 Å². The Bertz CT molecular complexity index is 135. The van der Waals surface area contributed by atoms with Gasteiger partial charge in [-0.3, -0.25) is 0 Å². The topological polar surface area (TPSA) is 40.5 Å². The van der Waals surface area contributed by atoms with Crippen molar-refractivity contribution in [1.29, 1.82) is 0 Å². The molecular weight excluding hydrogens is 212 g/mol. The molecule has 2 N–H and O–H groups in total. The summed E-state index contributed by atoms with van der Waals surface area (Å²) < 4.78 is 0. The molecule has 103 valence electrons. The van der Waals surface area contributed by atoms with Gasteiger partial charge in [0.1, 0.15) is 0 Å². The maximum Gasteiger partial charge on any atom is 0.218 e. The van der Waals surface area contributed by atoms with Gasteiger partial charge in [-0.15, -0.1) is 0 Å². The lowest BCUT2D eigenvalue weighted by Gasteiger charge is -2.03. The summed E-state index contributed by atoms with van der Waals surface area (Å²) in [6, 6.07) is 0. The molecule has 0 saturated heterocycles. The molecule has 0 aliphatic rings. The van der Waals surface area contributed by atoms with Crippen LogP contribution in [0.2, 0.25) is 0 Å². The van der Waals surface area contributed by atoms with E-state index in [9.17, 15) is 0 Å². The van der Waals surface area contributed by atoms with Gasteiger partial charge in [-0.2, -0.15) is 0 Å². The minimum Gasteiger partial charge on any atom is -0.361 e. The van der Waals surface area contributed by atoms with E-state index in [1.165, 1.54) is 64.2 Å². The van der Waals surface area contributed by atoms with E-state index in [4.69, 9.17) is 10.2 Å². The number of aliphatic hydroxyl groups is 2. The van der Waals surface area contributed by atoms with Gasteiger partial charge in [0.05, 0.1) is 0 Å². The SMILES string of the molecule is CCCCCCCCCCCCCC[C](O)O. The van der Waals surface area contributed by atoms with Crippen LogP contribution in [0, 0.1) is 6.29 Å². The summed E-state index contributed by atoms with van der Waals surface area (Å²) in [7, 11) is 0. The molecule has 0 spiro atoms. The van der Waals surface area contributed by atoms with Gasteiger partial charge in [0, 0.05) is 6.42 Å². The molecule has 2 nitrogen and oxygen atoms in total. The second kappa shape index (κ2) is 14.0. The van der Waals surface area contributed by atoms with Crippen LogP contribution in [-0.2, 0) is 0 Å². The fourth-order valence-electron chi connectivity index (χ4n) is 2.12. The molecule has 0 unspecified atom stereocenters. The van der Waals surface area contributed by atoms with Crippen molar-refractivity contribution in [2.45, 2.75) is 90.4 Å². The van der Waals surface area contributed by atoms with Crippen LogP contribution >= 0.6 is 0 Å². The van der Waals surface area contributed by atoms with Crippen molar-refractivity contribution in [3.63, 3.8) is 0 Å².